The zero-order chi connectivity index (χ0) is 14.5. The summed E-state index contributed by atoms with van der Waals surface area (Å²) in [5.74, 6) is 0.796. The number of pyridine rings is 2. The van der Waals surface area contributed by atoms with Crippen LogP contribution in [0, 0.1) is 6.92 Å². The Morgan fingerprint density at radius 2 is 2.10 bits per heavy atom. The Balaban J connectivity index is 1.96. The first-order chi connectivity index (χ1) is 9.54. The van der Waals surface area contributed by atoms with E-state index in [0.29, 0.717) is 12.2 Å². The van der Waals surface area contributed by atoms with Crippen molar-refractivity contribution in [1.82, 2.24) is 9.97 Å². The highest BCUT2D eigenvalue weighted by Crippen LogP contribution is 2.18. The first-order valence-electron chi connectivity index (χ1n) is 5.80. The maximum Gasteiger partial charge on any atom is 0.387 e. The molecule has 0 aromatic carbocycles. The van der Waals surface area contributed by atoms with Crippen molar-refractivity contribution >= 4 is 21.7 Å². The van der Waals surface area contributed by atoms with Crippen molar-refractivity contribution in [2.24, 2.45) is 0 Å². The van der Waals surface area contributed by atoms with Gasteiger partial charge in [0.1, 0.15) is 11.6 Å². The number of aryl methyl sites for hydroxylation is 1. The molecule has 2 aromatic heterocycles. The fraction of sp³-hybridized carbons (Fsp3) is 0.231. The second-order valence-corrected chi connectivity index (χ2v) is 4.95. The van der Waals surface area contributed by atoms with E-state index in [4.69, 9.17) is 0 Å². The molecule has 106 valence electrons. The number of alkyl halides is 2. The third-order valence-electron chi connectivity index (χ3n) is 2.50. The third kappa shape index (κ3) is 4.12. The van der Waals surface area contributed by atoms with Crippen LogP contribution in [0.15, 0.2) is 35.1 Å². The fourth-order valence-corrected chi connectivity index (χ4v) is 2.03. The highest BCUT2D eigenvalue weighted by molar-refractivity contribution is 9.10. The van der Waals surface area contributed by atoms with Gasteiger partial charge in [-0.15, -0.1) is 0 Å². The first kappa shape index (κ1) is 14.6. The van der Waals surface area contributed by atoms with E-state index in [1.165, 1.54) is 12.3 Å². The van der Waals surface area contributed by atoms with Gasteiger partial charge in [0.05, 0.1) is 18.4 Å². The SMILES string of the molecule is Cc1cc(Br)cnc1NCc1ccc(OC(F)F)cn1. The molecule has 7 heteroatoms. The minimum Gasteiger partial charge on any atom is -0.433 e. The Morgan fingerprint density at radius 3 is 2.70 bits per heavy atom. The van der Waals surface area contributed by atoms with Crippen molar-refractivity contribution in [3.05, 3.63) is 46.3 Å². The zero-order valence-electron chi connectivity index (χ0n) is 10.6. The molecule has 0 aliphatic carbocycles. The smallest absolute Gasteiger partial charge is 0.387 e. The van der Waals surface area contributed by atoms with Crippen LogP contribution in [0.5, 0.6) is 5.75 Å². The predicted octanol–water partition coefficient (Wildman–Crippen LogP) is 3.76. The number of nitrogens with one attached hydrogen (secondary N) is 1. The van der Waals surface area contributed by atoms with Crippen molar-refractivity contribution in [1.29, 1.82) is 0 Å². The highest BCUT2D eigenvalue weighted by Gasteiger charge is 2.05. The van der Waals surface area contributed by atoms with E-state index in [-0.39, 0.29) is 5.75 Å². The van der Waals surface area contributed by atoms with Crippen LogP contribution in [0.1, 0.15) is 11.3 Å². The van der Waals surface area contributed by atoms with Crippen molar-refractivity contribution in [3.63, 3.8) is 0 Å². The van der Waals surface area contributed by atoms with E-state index in [1.807, 2.05) is 13.0 Å². The number of hydrogen-bond acceptors (Lipinski definition) is 4. The zero-order valence-corrected chi connectivity index (χ0v) is 12.2. The molecule has 0 bridgehead atoms. The van der Waals surface area contributed by atoms with Gasteiger partial charge in [0.2, 0.25) is 0 Å². The largest absolute Gasteiger partial charge is 0.433 e. The second kappa shape index (κ2) is 6.60. The van der Waals surface area contributed by atoms with E-state index < -0.39 is 6.61 Å². The third-order valence-corrected chi connectivity index (χ3v) is 2.94. The van der Waals surface area contributed by atoms with E-state index in [0.717, 1.165) is 15.9 Å². The minimum absolute atomic E-state index is 0.0432. The Hall–Kier alpha value is -1.76. The van der Waals surface area contributed by atoms with Gasteiger partial charge in [0.15, 0.2) is 0 Å². The molecule has 1 N–H and O–H groups in total. The van der Waals surface area contributed by atoms with Crippen LogP contribution in [-0.4, -0.2) is 16.6 Å². The molecule has 0 saturated heterocycles. The molecule has 2 rings (SSSR count). The lowest BCUT2D eigenvalue weighted by molar-refractivity contribution is -0.0500. The van der Waals surface area contributed by atoms with Crippen molar-refractivity contribution < 1.29 is 13.5 Å². The molecule has 0 fully saturated rings. The first-order valence-corrected chi connectivity index (χ1v) is 6.59. The summed E-state index contributed by atoms with van der Waals surface area (Å²) in [5, 5.41) is 3.13. The summed E-state index contributed by atoms with van der Waals surface area (Å²) < 4.78 is 29.1. The Morgan fingerprint density at radius 1 is 1.30 bits per heavy atom. The lowest BCUT2D eigenvalue weighted by Gasteiger charge is -2.09. The van der Waals surface area contributed by atoms with Gasteiger partial charge in [0, 0.05) is 10.7 Å². The molecule has 0 amide bonds. The van der Waals surface area contributed by atoms with Crippen LogP contribution >= 0.6 is 15.9 Å². The minimum atomic E-state index is -2.84. The Bertz CT molecular complexity index is 578. The second-order valence-electron chi connectivity index (χ2n) is 4.04. The fourth-order valence-electron chi connectivity index (χ4n) is 1.59. The molecule has 2 heterocycles. The van der Waals surface area contributed by atoms with Gasteiger partial charge >= 0.3 is 6.61 Å². The molecule has 0 unspecified atom stereocenters. The van der Waals surface area contributed by atoms with E-state index in [2.05, 4.69) is 36.0 Å². The van der Waals surface area contributed by atoms with Gasteiger partial charge in [-0.2, -0.15) is 8.78 Å². The van der Waals surface area contributed by atoms with Gasteiger partial charge in [-0.05, 0) is 46.6 Å². The monoisotopic (exact) mass is 343 g/mol. The summed E-state index contributed by atoms with van der Waals surface area (Å²) in [7, 11) is 0. The Labute approximate surface area is 123 Å². The molecular weight excluding hydrogens is 332 g/mol. The van der Waals surface area contributed by atoms with Gasteiger partial charge < -0.3 is 10.1 Å². The maximum absolute atomic E-state index is 12.0. The molecule has 0 atom stereocenters. The number of rotatable bonds is 5. The van der Waals surface area contributed by atoms with Crippen LogP contribution in [0.25, 0.3) is 0 Å². The topological polar surface area (TPSA) is 47.0 Å². The summed E-state index contributed by atoms with van der Waals surface area (Å²) >= 11 is 3.34. The van der Waals surface area contributed by atoms with Crippen LogP contribution in [-0.2, 0) is 6.54 Å². The molecular formula is C13H12BrF2N3O. The normalized spacial score (nSPS) is 10.7. The molecule has 0 radical (unpaired) electrons. The summed E-state index contributed by atoms with van der Waals surface area (Å²) in [4.78, 5) is 8.28. The number of halogens is 3. The predicted molar refractivity (Wildman–Crippen MR) is 74.9 cm³/mol. The molecule has 20 heavy (non-hydrogen) atoms. The molecule has 0 aliphatic rings. The van der Waals surface area contributed by atoms with Crippen molar-refractivity contribution in [2.45, 2.75) is 20.1 Å². The number of nitrogens with zero attached hydrogens (tertiary/aromatic N) is 2. The number of ether oxygens (including phenoxy) is 1. The van der Waals surface area contributed by atoms with Crippen LogP contribution in [0.2, 0.25) is 0 Å². The molecule has 0 saturated carbocycles. The number of aromatic nitrogens is 2. The van der Waals surface area contributed by atoms with Crippen molar-refractivity contribution in [2.75, 3.05) is 5.32 Å². The highest BCUT2D eigenvalue weighted by atomic mass is 79.9. The Kier molecular flexibility index (Phi) is 4.84. The van der Waals surface area contributed by atoms with E-state index in [9.17, 15) is 8.78 Å². The number of hydrogen-bond donors (Lipinski definition) is 1. The van der Waals surface area contributed by atoms with Gasteiger partial charge in [-0.25, -0.2) is 4.98 Å². The van der Waals surface area contributed by atoms with Gasteiger partial charge in [-0.3, -0.25) is 4.98 Å². The van der Waals surface area contributed by atoms with E-state index >= 15 is 0 Å². The van der Waals surface area contributed by atoms with E-state index in [1.54, 1.807) is 12.3 Å². The van der Waals surface area contributed by atoms with Gasteiger partial charge in [0.25, 0.3) is 0 Å². The standard InChI is InChI=1S/C13H12BrF2N3O/c1-8-4-9(14)5-18-12(8)19-6-10-2-3-11(7-17-10)20-13(15)16/h2-5,7,13H,6H2,1H3,(H,18,19). The van der Waals surface area contributed by atoms with Crippen LogP contribution in [0.3, 0.4) is 0 Å². The van der Waals surface area contributed by atoms with Crippen molar-refractivity contribution in [3.8, 4) is 5.75 Å². The lowest BCUT2D eigenvalue weighted by Crippen LogP contribution is -2.06. The maximum atomic E-state index is 12.0. The quantitative estimate of drug-likeness (QED) is 0.897. The average Bonchev–Trinajstić information content (AvgIpc) is 2.39. The molecule has 2 aromatic rings. The molecule has 0 aliphatic heterocycles. The summed E-state index contributed by atoms with van der Waals surface area (Å²) in [5.41, 5.74) is 1.70. The number of anilines is 1. The molecule has 4 nitrogen and oxygen atoms in total. The molecule has 0 spiro atoms. The summed E-state index contributed by atoms with van der Waals surface area (Å²) in [6.07, 6.45) is 2.97. The van der Waals surface area contributed by atoms with Gasteiger partial charge in [-0.1, -0.05) is 0 Å². The summed E-state index contributed by atoms with van der Waals surface area (Å²) in [6.45, 7) is -0.451. The van der Waals surface area contributed by atoms with Crippen LogP contribution < -0.4 is 10.1 Å². The average molecular weight is 344 g/mol. The van der Waals surface area contributed by atoms with Crippen LogP contribution in [0.4, 0.5) is 14.6 Å². The lowest BCUT2D eigenvalue weighted by atomic mass is 10.3. The summed E-state index contributed by atoms with van der Waals surface area (Å²) in [6, 6.07) is 5.03.